The zero-order chi connectivity index (χ0) is 15.6. The van der Waals surface area contributed by atoms with Crippen LogP contribution in [-0.2, 0) is 0 Å². The quantitative estimate of drug-likeness (QED) is 0.565. The second-order valence-electron chi connectivity index (χ2n) is 3.85. The largest absolute Gasteiger partial charge is 0.448 e. The summed E-state index contributed by atoms with van der Waals surface area (Å²) in [6.07, 6.45) is 0. The van der Waals surface area contributed by atoms with E-state index in [1.807, 2.05) is 6.07 Å². The molecule has 0 aliphatic rings. The monoisotopic (exact) mass is 342 g/mol. The molecule has 2 aromatic rings. The van der Waals surface area contributed by atoms with Gasteiger partial charge < -0.3 is 4.74 Å². The SMILES string of the molecule is N#Cc1ccc(Oc2cc(Cl)c(Cl)cc2[N+](=O)[O-])c(Cl)c1. The summed E-state index contributed by atoms with van der Waals surface area (Å²) in [4.78, 5) is 10.4. The summed E-state index contributed by atoms with van der Waals surface area (Å²) >= 11 is 17.5. The van der Waals surface area contributed by atoms with Gasteiger partial charge in [0.15, 0.2) is 0 Å². The van der Waals surface area contributed by atoms with Gasteiger partial charge >= 0.3 is 5.69 Å². The first-order chi connectivity index (χ1) is 9.92. The molecular weight excluding hydrogens is 339 g/mol. The van der Waals surface area contributed by atoms with E-state index in [4.69, 9.17) is 44.8 Å². The third-order valence-electron chi connectivity index (χ3n) is 2.48. The van der Waals surface area contributed by atoms with E-state index in [1.54, 1.807) is 0 Å². The highest BCUT2D eigenvalue weighted by atomic mass is 35.5. The van der Waals surface area contributed by atoms with Gasteiger partial charge in [0.25, 0.3) is 0 Å². The standard InChI is InChI=1S/C13H5Cl3N2O3/c14-8-4-11(18(19)20)13(5-9(8)15)21-12-2-1-7(6-17)3-10(12)16/h1-5H. The van der Waals surface area contributed by atoms with Gasteiger partial charge in [0.05, 0.1) is 31.6 Å². The third kappa shape index (κ3) is 3.37. The van der Waals surface area contributed by atoms with Gasteiger partial charge in [0.2, 0.25) is 5.75 Å². The van der Waals surface area contributed by atoms with Crippen LogP contribution in [0.5, 0.6) is 11.5 Å². The van der Waals surface area contributed by atoms with Gasteiger partial charge in [-0.05, 0) is 18.2 Å². The van der Waals surface area contributed by atoms with E-state index in [9.17, 15) is 10.1 Å². The first-order valence-electron chi connectivity index (χ1n) is 5.43. The van der Waals surface area contributed by atoms with Crippen molar-refractivity contribution >= 4 is 40.5 Å². The predicted molar refractivity (Wildman–Crippen MR) is 79.4 cm³/mol. The lowest BCUT2D eigenvalue weighted by Gasteiger charge is -2.09. The first-order valence-corrected chi connectivity index (χ1v) is 6.56. The average molecular weight is 344 g/mol. The van der Waals surface area contributed by atoms with E-state index in [0.29, 0.717) is 5.56 Å². The summed E-state index contributed by atoms with van der Waals surface area (Å²) in [5, 5.41) is 20.1. The zero-order valence-corrected chi connectivity index (χ0v) is 12.4. The molecule has 0 aliphatic carbocycles. The number of hydrogen-bond acceptors (Lipinski definition) is 4. The summed E-state index contributed by atoms with van der Waals surface area (Å²) in [7, 11) is 0. The Morgan fingerprint density at radius 3 is 2.29 bits per heavy atom. The molecule has 0 saturated heterocycles. The Morgan fingerprint density at radius 1 is 1.05 bits per heavy atom. The maximum atomic E-state index is 11.0. The molecule has 8 heteroatoms. The Morgan fingerprint density at radius 2 is 1.71 bits per heavy atom. The van der Waals surface area contributed by atoms with Crippen molar-refractivity contribution in [2.24, 2.45) is 0 Å². The molecule has 0 radical (unpaired) electrons. The Hall–Kier alpha value is -2.00. The van der Waals surface area contributed by atoms with Crippen molar-refractivity contribution in [3.63, 3.8) is 0 Å². The lowest BCUT2D eigenvalue weighted by molar-refractivity contribution is -0.385. The molecule has 21 heavy (non-hydrogen) atoms. The van der Waals surface area contributed by atoms with Gasteiger partial charge in [-0.2, -0.15) is 5.26 Å². The molecular formula is C13H5Cl3N2O3. The van der Waals surface area contributed by atoms with Crippen molar-refractivity contribution in [1.29, 1.82) is 5.26 Å². The average Bonchev–Trinajstić information content (AvgIpc) is 2.44. The molecule has 2 rings (SSSR count). The Labute approximate surface area is 134 Å². The molecule has 0 bridgehead atoms. The number of nitro groups is 1. The Bertz CT molecular complexity index is 772. The number of nitriles is 1. The predicted octanol–water partition coefficient (Wildman–Crippen LogP) is 5.22. The van der Waals surface area contributed by atoms with E-state index >= 15 is 0 Å². The molecule has 0 saturated carbocycles. The molecule has 0 fully saturated rings. The number of ether oxygens (including phenoxy) is 1. The molecule has 5 nitrogen and oxygen atoms in total. The normalized spacial score (nSPS) is 10.0. The molecule has 0 spiro atoms. The highest BCUT2D eigenvalue weighted by Crippen LogP contribution is 2.39. The molecule has 0 heterocycles. The molecule has 0 atom stereocenters. The van der Waals surface area contributed by atoms with Crippen LogP contribution in [0.1, 0.15) is 5.56 Å². The van der Waals surface area contributed by atoms with Crippen LogP contribution in [0.2, 0.25) is 15.1 Å². The highest BCUT2D eigenvalue weighted by Gasteiger charge is 2.20. The Kier molecular flexibility index (Phi) is 4.53. The number of nitrogens with zero attached hydrogens (tertiary/aromatic N) is 2. The number of hydrogen-bond donors (Lipinski definition) is 0. The van der Waals surface area contributed by atoms with E-state index in [0.717, 1.165) is 6.07 Å². The topological polar surface area (TPSA) is 76.2 Å². The minimum Gasteiger partial charge on any atom is -0.448 e. The van der Waals surface area contributed by atoms with Crippen molar-refractivity contribution in [3.8, 4) is 17.6 Å². The van der Waals surface area contributed by atoms with Gasteiger partial charge in [-0.25, -0.2) is 0 Å². The summed E-state index contributed by atoms with van der Waals surface area (Å²) in [5.74, 6) is 0.0677. The highest BCUT2D eigenvalue weighted by molar-refractivity contribution is 6.42. The van der Waals surface area contributed by atoms with Crippen molar-refractivity contribution in [2.75, 3.05) is 0 Å². The second-order valence-corrected chi connectivity index (χ2v) is 5.07. The first kappa shape index (κ1) is 15.4. The minimum absolute atomic E-state index is 0.0432. The molecule has 0 N–H and O–H groups in total. The van der Waals surface area contributed by atoms with Crippen LogP contribution in [0.25, 0.3) is 0 Å². The van der Waals surface area contributed by atoms with Gasteiger partial charge in [-0.15, -0.1) is 0 Å². The zero-order valence-electron chi connectivity index (χ0n) is 10.1. The maximum absolute atomic E-state index is 11.0. The van der Waals surface area contributed by atoms with Gasteiger partial charge in [-0.1, -0.05) is 34.8 Å². The van der Waals surface area contributed by atoms with Crippen LogP contribution >= 0.6 is 34.8 Å². The van der Waals surface area contributed by atoms with Crippen LogP contribution < -0.4 is 4.74 Å². The maximum Gasteiger partial charge on any atom is 0.313 e. The van der Waals surface area contributed by atoms with E-state index in [2.05, 4.69) is 0 Å². The van der Waals surface area contributed by atoms with Gasteiger partial charge in [0.1, 0.15) is 5.75 Å². The number of halogens is 3. The molecule has 0 amide bonds. The van der Waals surface area contributed by atoms with Crippen molar-refractivity contribution in [1.82, 2.24) is 0 Å². The number of nitro benzene ring substituents is 1. The summed E-state index contributed by atoms with van der Waals surface area (Å²) in [6.45, 7) is 0. The van der Waals surface area contributed by atoms with E-state index in [-0.39, 0.29) is 32.3 Å². The number of benzene rings is 2. The van der Waals surface area contributed by atoms with Crippen LogP contribution in [0.15, 0.2) is 30.3 Å². The molecule has 0 unspecified atom stereocenters. The van der Waals surface area contributed by atoms with Gasteiger partial charge in [-0.3, -0.25) is 10.1 Å². The summed E-state index contributed by atoms with van der Waals surface area (Å²) < 4.78 is 5.41. The molecule has 2 aromatic carbocycles. The summed E-state index contributed by atoms with van der Waals surface area (Å²) in [6, 6.07) is 8.55. The lowest BCUT2D eigenvalue weighted by Crippen LogP contribution is -1.94. The lowest BCUT2D eigenvalue weighted by atomic mass is 10.2. The van der Waals surface area contributed by atoms with E-state index in [1.165, 1.54) is 24.3 Å². The smallest absolute Gasteiger partial charge is 0.313 e. The van der Waals surface area contributed by atoms with Crippen LogP contribution in [0, 0.1) is 21.4 Å². The van der Waals surface area contributed by atoms with Crippen molar-refractivity contribution in [3.05, 3.63) is 61.1 Å². The van der Waals surface area contributed by atoms with Crippen LogP contribution in [0.3, 0.4) is 0 Å². The fraction of sp³-hybridized carbons (Fsp3) is 0. The minimum atomic E-state index is -0.644. The van der Waals surface area contributed by atoms with E-state index < -0.39 is 4.92 Å². The molecule has 0 aliphatic heterocycles. The fourth-order valence-electron chi connectivity index (χ4n) is 1.51. The van der Waals surface area contributed by atoms with Crippen LogP contribution in [-0.4, -0.2) is 4.92 Å². The second kappa shape index (κ2) is 6.19. The van der Waals surface area contributed by atoms with Gasteiger partial charge in [0, 0.05) is 12.1 Å². The fourth-order valence-corrected chi connectivity index (χ4v) is 2.04. The van der Waals surface area contributed by atoms with Crippen LogP contribution in [0.4, 0.5) is 5.69 Å². The van der Waals surface area contributed by atoms with Crippen molar-refractivity contribution in [2.45, 2.75) is 0 Å². The Balaban J connectivity index is 2.46. The van der Waals surface area contributed by atoms with Crippen molar-refractivity contribution < 1.29 is 9.66 Å². The molecule has 0 aromatic heterocycles. The third-order valence-corrected chi connectivity index (χ3v) is 3.50. The number of rotatable bonds is 3. The molecule has 106 valence electrons. The summed E-state index contributed by atoms with van der Waals surface area (Å²) in [5.41, 5.74) is 0.000754.